The molecule has 0 radical (unpaired) electrons. The highest BCUT2D eigenvalue weighted by atomic mass is 35.5. The smallest absolute Gasteiger partial charge is 0.387 e. The topological polar surface area (TPSA) is 64.6 Å². The zero-order chi connectivity index (χ0) is 19.3. The van der Waals surface area contributed by atoms with Crippen LogP contribution < -0.4 is 10.1 Å². The molecule has 0 fully saturated rings. The quantitative estimate of drug-likeness (QED) is 0.752. The van der Waals surface area contributed by atoms with Gasteiger partial charge in [0.2, 0.25) is 0 Å². The number of nitrogens with one attached hydrogen (secondary N) is 1. The number of hydrogen-bond acceptors (Lipinski definition) is 4. The van der Waals surface area contributed by atoms with E-state index in [1.807, 2.05) is 0 Å². The Kier molecular flexibility index (Phi) is 6.46. The van der Waals surface area contributed by atoms with Crippen molar-refractivity contribution in [3.63, 3.8) is 0 Å². The normalized spacial score (nSPS) is 11.8. The van der Waals surface area contributed by atoms with E-state index >= 15 is 0 Å². The lowest BCUT2D eigenvalue weighted by atomic mass is 10.2. The summed E-state index contributed by atoms with van der Waals surface area (Å²) in [5, 5.41) is 2.40. The Morgan fingerprint density at radius 1 is 1.12 bits per heavy atom. The zero-order valence-corrected chi connectivity index (χ0v) is 14.1. The second-order valence-corrected chi connectivity index (χ2v) is 5.47. The van der Waals surface area contributed by atoms with Crippen molar-refractivity contribution in [2.24, 2.45) is 0 Å². The minimum absolute atomic E-state index is 0.00787. The third-order valence-corrected chi connectivity index (χ3v) is 3.47. The van der Waals surface area contributed by atoms with Crippen LogP contribution in [-0.2, 0) is 9.53 Å². The second-order valence-electron chi connectivity index (χ2n) is 5.06. The molecule has 1 atom stereocenters. The average molecular weight is 388 g/mol. The van der Waals surface area contributed by atoms with Crippen LogP contribution in [0.25, 0.3) is 0 Å². The summed E-state index contributed by atoms with van der Waals surface area (Å²) in [6.07, 6.45) is -1.18. The van der Waals surface area contributed by atoms with Crippen LogP contribution in [0, 0.1) is 5.82 Å². The molecule has 2 rings (SSSR count). The summed E-state index contributed by atoms with van der Waals surface area (Å²) in [4.78, 5) is 24.0. The Morgan fingerprint density at radius 2 is 1.77 bits per heavy atom. The molecule has 0 heterocycles. The summed E-state index contributed by atoms with van der Waals surface area (Å²) in [6.45, 7) is -1.64. The van der Waals surface area contributed by atoms with Crippen LogP contribution >= 0.6 is 11.6 Å². The predicted molar refractivity (Wildman–Crippen MR) is 88.0 cm³/mol. The van der Waals surface area contributed by atoms with E-state index < -0.39 is 30.4 Å². The number of anilines is 1. The number of halogens is 4. The fourth-order valence-electron chi connectivity index (χ4n) is 1.88. The molecule has 0 saturated heterocycles. The highest BCUT2D eigenvalue weighted by molar-refractivity contribution is 6.33. The monoisotopic (exact) mass is 387 g/mol. The molecule has 138 valence electrons. The summed E-state index contributed by atoms with van der Waals surface area (Å²) in [5.74, 6) is -2.19. The standard InChI is InChI=1S/C17H13ClF3NO4/c1-9(15(23)22-14-7-4-11(19)8-13(14)18)25-16(24)10-2-5-12(6-3-10)26-17(20)21/h2-9,17H,1H3,(H,22,23)/t9-/m0/s1. The highest BCUT2D eigenvalue weighted by Gasteiger charge is 2.20. The third kappa shape index (κ3) is 5.38. The van der Waals surface area contributed by atoms with E-state index in [1.54, 1.807) is 0 Å². The van der Waals surface area contributed by atoms with Crippen molar-refractivity contribution in [1.82, 2.24) is 0 Å². The number of carbonyl (C=O) groups excluding carboxylic acids is 2. The van der Waals surface area contributed by atoms with E-state index in [1.165, 1.54) is 37.3 Å². The van der Waals surface area contributed by atoms with Crippen LogP contribution in [0.15, 0.2) is 42.5 Å². The van der Waals surface area contributed by atoms with Crippen LogP contribution in [0.5, 0.6) is 5.75 Å². The Labute approximate surface area is 151 Å². The molecule has 9 heteroatoms. The molecule has 0 aromatic heterocycles. The average Bonchev–Trinajstić information content (AvgIpc) is 2.57. The van der Waals surface area contributed by atoms with Gasteiger partial charge in [0.15, 0.2) is 6.10 Å². The van der Waals surface area contributed by atoms with Gasteiger partial charge in [-0.25, -0.2) is 9.18 Å². The number of ether oxygens (including phenoxy) is 2. The van der Waals surface area contributed by atoms with Crippen molar-refractivity contribution in [2.45, 2.75) is 19.6 Å². The van der Waals surface area contributed by atoms with Crippen LogP contribution in [0.4, 0.5) is 18.9 Å². The fourth-order valence-corrected chi connectivity index (χ4v) is 2.09. The van der Waals surface area contributed by atoms with Crippen LogP contribution in [0.1, 0.15) is 17.3 Å². The van der Waals surface area contributed by atoms with Crippen molar-refractivity contribution in [2.75, 3.05) is 5.32 Å². The largest absolute Gasteiger partial charge is 0.449 e. The van der Waals surface area contributed by atoms with Crippen molar-refractivity contribution in [1.29, 1.82) is 0 Å². The van der Waals surface area contributed by atoms with Crippen molar-refractivity contribution >= 4 is 29.2 Å². The molecule has 0 aliphatic heterocycles. The van der Waals surface area contributed by atoms with Gasteiger partial charge in [-0.05, 0) is 49.4 Å². The molecule has 0 bridgehead atoms. The van der Waals surface area contributed by atoms with Gasteiger partial charge in [-0.1, -0.05) is 11.6 Å². The minimum Gasteiger partial charge on any atom is -0.449 e. The van der Waals surface area contributed by atoms with Crippen molar-refractivity contribution in [3.8, 4) is 5.75 Å². The fraction of sp³-hybridized carbons (Fsp3) is 0.176. The Hall–Kier alpha value is -2.74. The van der Waals surface area contributed by atoms with Crippen LogP contribution in [0.2, 0.25) is 5.02 Å². The lowest BCUT2D eigenvalue weighted by Crippen LogP contribution is -2.30. The molecule has 0 saturated carbocycles. The molecule has 0 aliphatic rings. The molecule has 1 N–H and O–H groups in total. The van der Waals surface area contributed by atoms with Gasteiger partial charge in [0.05, 0.1) is 16.3 Å². The third-order valence-electron chi connectivity index (χ3n) is 3.16. The molecule has 0 unspecified atom stereocenters. The predicted octanol–water partition coefficient (Wildman–Crippen LogP) is 4.26. The van der Waals surface area contributed by atoms with Gasteiger partial charge >= 0.3 is 12.6 Å². The molecule has 26 heavy (non-hydrogen) atoms. The van der Waals surface area contributed by atoms with Gasteiger partial charge in [-0.2, -0.15) is 8.78 Å². The van der Waals surface area contributed by atoms with Gasteiger partial charge < -0.3 is 14.8 Å². The van der Waals surface area contributed by atoms with Crippen LogP contribution in [-0.4, -0.2) is 24.6 Å². The zero-order valence-electron chi connectivity index (χ0n) is 13.3. The summed E-state index contributed by atoms with van der Waals surface area (Å²) in [7, 11) is 0. The number of rotatable bonds is 6. The first-order valence-electron chi connectivity index (χ1n) is 7.28. The molecular formula is C17H13ClF3NO4. The maximum absolute atomic E-state index is 13.0. The molecule has 5 nitrogen and oxygen atoms in total. The van der Waals surface area contributed by atoms with E-state index in [0.29, 0.717) is 0 Å². The van der Waals surface area contributed by atoms with Crippen LogP contribution in [0.3, 0.4) is 0 Å². The van der Waals surface area contributed by atoms with Gasteiger partial charge in [-0.3, -0.25) is 4.79 Å². The highest BCUT2D eigenvalue weighted by Crippen LogP contribution is 2.23. The van der Waals surface area contributed by atoms with Crippen molar-refractivity contribution < 1.29 is 32.2 Å². The minimum atomic E-state index is -2.98. The number of alkyl halides is 2. The molecule has 2 aromatic rings. The maximum Gasteiger partial charge on any atom is 0.387 e. The summed E-state index contributed by atoms with van der Waals surface area (Å²) < 4.78 is 46.3. The summed E-state index contributed by atoms with van der Waals surface area (Å²) >= 11 is 5.80. The Morgan fingerprint density at radius 3 is 2.35 bits per heavy atom. The van der Waals surface area contributed by atoms with E-state index in [0.717, 1.165) is 12.1 Å². The number of esters is 1. The van der Waals surface area contributed by atoms with E-state index in [9.17, 15) is 22.8 Å². The second kappa shape index (κ2) is 8.57. The SMILES string of the molecule is C[C@H](OC(=O)c1ccc(OC(F)F)cc1)C(=O)Nc1ccc(F)cc1Cl. The molecule has 0 spiro atoms. The summed E-state index contributed by atoms with van der Waals surface area (Å²) in [6, 6.07) is 8.20. The number of amides is 1. The first-order valence-corrected chi connectivity index (χ1v) is 7.66. The Bertz CT molecular complexity index is 799. The molecule has 2 aromatic carbocycles. The van der Waals surface area contributed by atoms with Gasteiger partial charge in [0.25, 0.3) is 5.91 Å². The number of hydrogen-bond donors (Lipinski definition) is 1. The number of carbonyl (C=O) groups is 2. The Balaban J connectivity index is 1.96. The van der Waals surface area contributed by atoms with Gasteiger partial charge in [0.1, 0.15) is 11.6 Å². The van der Waals surface area contributed by atoms with E-state index in [4.69, 9.17) is 16.3 Å². The summed E-state index contributed by atoms with van der Waals surface area (Å²) in [5.41, 5.74) is 0.209. The van der Waals surface area contributed by atoms with Gasteiger partial charge in [0, 0.05) is 0 Å². The first kappa shape index (κ1) is 19.6. The molecule has 0 aliphatic carbocycles. The lowest BCUT2D eigenvalue weighted by molar-refractivity contribution is -0.123. The van der Waals surface area contributed by atoms with Crippen molar-refractivity contribution in [3.05, 3.63) is 58.9 Å². The maximum atomic E-state index is 13.0. The van der Waals surface area contributed by atoms with E-state index in [2.05, 4.69) is 10.1 Å². The first-order chi connectivity index (χ1) is 12.3. The van der Waals surface area contributed by atoms with E-state index in [-0.39, 0.29) is 22.0 Å². The molecule has 1 amide bonds. The molecular weight excluding hydrogens is 375 g/mol. The lowest BCUT2D eigenvalue weighted by Gasteiger charge is -2.14. The van der Waals surface area contributed by atoms with Gasteiger partial charge in [-0.15, -0.1) is 0 Å². The number of benzene rings is 2.